The number of ether oxygens (including phenoxy) is 1. The van der Waals surface area contributed by atoms with Gasteiger partial charge in [0.15, 0.2) is 0 Å². The SMILES string of the molecule is CCOc1ccccc1CCCNC(=O)CN(c1cccc(Cl)c1C)S(=O)(=O)c1ccc(C)cc1. The second-order valence-electron chi connectivity index (χ2n) is 8.20. The van der Waals surface area contributed by atoms with Crippen molar-refractivity contribution in [3.05, 3.63) is 88.4 Å². The van der Waals surface area contributed by atoms with Crippen molar-refractivity contribution in [2.75, 3.05) is 24.0 Å². The number of carbonyl (C=O) groups is 1. The lowest BCUT2D eigenvalue weighted by Gasteiger charge is -2.26. The molecule has 0 aliphatic heterocycles. The highest BCUT2D eigenvalue weighted by atomic mass is 35.5. The number of anilines is 1. The first-order chi connectivity index (χ1) is 16.7. The number of hydrogen-bond donors (Lipinski definition) is 1. The number of carbonyl (C=O) groups excluding carboxylic acids is 1. The van der Waals surface area contributed by atoms with Gasteiger partial charge >= 0.3 is 0 Å². The van der Waals surface area contributed by atoms with E-state index in [2.05, 4.69) is 5.32 Å². The van der Waals surface area contributed by atoms with Gasteiger partial charge in [0.2, 0.25) is 5.91 Å². The van der Waals surface area contributed by atoms with Gasteiger partial charge < -0.3 is 10.1 Å². The van der Waals surface area contributed by atoms with Gasteiger partial charge in [-0.15, -0.1) is 0 Å². The number of aryl methyl sites for hydroxylation is 2. The Morgan fingerprint density at radius 3 is 2.43 bits per heavy atom. The molecule has 6 nitrogen and oxygen atoms in total. The van der Waals surface area contributed by atoms with Crippen LogP contribution in [0.15, 0.2) is 71.6 Å². The number of amides is 1. The number of rotatable bonds is 11. The van der Waals surface area contributed by atoms with Crippen LogP contribution in [0.3, 0.4) is 0 Å². The molecule has 0 saturated heterocycles. The van der Waals surface area contributed by atoms with E-state index in [9.17, 15) is 13.2 Å². The molecule has 35 heavy (non-hydrogen) atoms. The van der Waals surface area contributed by atoms with Gasteiger partial charge in [-0.2, -0.15) is 0 Å². The van der Waals surface area contributed by atoms with E-state index in [-0.39, 0.29) is 11.4 Å². The van der Waals surface area contributed by atoms with E-state index in [1.54, 1.807) is 49.4 Å². The fourth-order valence-corrected chi connectivity index (χ4v) is 5.35. The van der Waals surface area contributed by atoms with Gasteiger partial charge in [0.1, 0.15) is 12.3 Å². The maximum atomic E-state index is 13.5. The van der Waals surface area contributed by atoms with E-state index in [0.717, 1.165) is 27.6 Å². The second-order valence-corrected chi connectivity index (χ2v) is 10.5. The molecule has 3 aromatic carbocycles. The fourth-order valence-electron chi connectivity index (χ4n) is 3.70. The highest BCUT2D eigenvalue weighted by Crippen LogP contribution is 2.31. The summed E-state index contributed by atoms with van der Waals surface area (Å²) < 4.78 is 33.9. The molecule has 0 radical (unpaired) electrons. The van der Waals surface area contributed by atoms with Crippen LogP contribution in [-0.4, -0.2) is 34.0 Å². The molecular weight excluding hydrogens is 484 g/mol. The molecular formula is C27H31ClN2O4S. The van der Waals surface area contributed by atoms with Crippen LogP contribution in [0.4, 0.5) is 5.69 Å². The van der Waals surface area contributed by atoms with Crippen molar-refractivity contribution in [2.45, 2.75) is 38.5 Å². The van der Waals surface area contributed by atoms with Crippen molar-refractivity contribution in [1.82, 2.24) is 5.32 Å². The van der Waals surface area contributed by atoms with E-state index >= 15 is 0 Å². The van der Waals surface area contributed by atoms with E-state index in [1.165, 1.54) is 0 Å². The van der Waals surface area contributed by atoms with Gasteiger partial charge in [-0.3, -0.25) is 9.10 Å². The van der Waals surface area contributed by atoms with Gasteiger partial charge in [0.25, 0.3) is 10.0 Å². The van der Waals surface area contributed by atoms with Gasteiger partial charge in [-0.1, -0.05) is 53.6 Å². The molecule has 0 unspecified atom stereocenters. The summed E-state index contributed by atoms with van der Waals surface area (Å²) in [6.45, 7) is 6.20. The Hall–Kier alpha value is -3.03. The first kappa shape index (κ1) is 26.6. The fraction of sp³-hybridized carbons (Fsp3) is 0.296. The van der Waals surface area contributed by atoms with Crippen molar-refractivity contribution in [1.29, 1.82) is 0 Å². The zero-order valence-electron chi connectivity index (χ0n) is 20.3. The minimum absolute atomic E-state index is 0.114. The highest BCUT2D eigenvalue weighted by Gasteiger charge is 2.28. The van der Waals surface area contributed by atoms with Gasteiger partial charge in [-0.25, -0.2) is 8.42 Å². The van der Waals surface area contributed by atoms with Crippen LogP contribution >= 0.6 is 11.6 Å². The van der Waals surface area contributed by atoms with E-state index in [1.807, 2.05) is 38.1 Å². The third-order valence-corrected chi connectivity index (χ3v) is 7.80. The Labute approximate surface area is 212 Å². The summed E-state index contributed by atoms with van der Waals surface area (Å²) in [5, 5.41) is 3.28. The third kappa shape index (κ3) is 6.77. The van der Waals surface area contributed by atoms with Gasteiger partial charge in [-0.05, 0) is 75.1 Å². The lowest BCUT2D eigenvalue weighted by Crippen LogP contribution is -2.41. The molecule has 0 aromatic heterocycles. The molecule has 1 amide bonds. The molecule has 0 saturated carbocycles. The van der Waals surface area contributed by atoms with Gasteiger partial charge in [0, 0.05) is 11.6 Å². The summed E-state index contributed by atoms with van der Waals surface area (Å²) in [7, 11) is -3.99. The average Bonchev–Trinajstić information content (AvgIpc) is 2.83. The molecule has 0 aliphatic rings. The number of hydrogen-bond acceptors (Lipinski definition) is 4. The molecule has 0 fully saturated rings. The molecule has 0 aliphatic carbocycles. The first-order valence-corrected chi connectivity index (χ1v) is 13.4. The first-order valence-electron chi connectivity index (χ1n) is 11.6. The zero-order valence-corrected chi connectivity index (χ0v) is 21.8. The summed E-state index contributed by atoms with van der Waals surface area (Å²) in [5.41, 5.74) is 2.98. The molecule has 0 atom stereocenters. The van der Waals surface area contributed by atoms with Crippen LogP contribution < -0.4 is 14.4 Å². The number of nitrogens with zero attached hydrogens (tertiary/aromatic N) is 1. The van der Waals surface area contributed by atoms with Crippen LogP contribution in [0.25, 0.3) is 0 Å². The predicted molar refractivity (Wildman–Crippen MR) is 141 cm³/mol. The van der Waals surface area contributed by atoms with Crippen LogP contribution in [0.5, 0.6) is 5.75 Å². The van der Waals surface area contributed by atoms with E-state index in [4.69, 9.17) is 16.3 Å². The molecule has 1 N–H and O–H groups in total. The molecule has 8 heteroatoms. The van der Waals surface area contributed by atoms with Crippen molar-refractivity contribution in [2.24, 2.45) is 0 Å². The number of nitrogens with one attached hydrogen (secondary N) is 1. The maximum Gasteiger partial charge on any atom is 0.264 e. The van der Waals surface area contributed by atoms with Gasteiger partial charge in [0.05, 0.1) is 17.2 Å². The number of halogens is 1. The Bertz CT molecular complexity index is 1260. The normalized spacial score (nSPS) is 11.2. The standard InChI is InChI=1S/C27H31ClN2O4S/c1-4-34-26-13-6-5-9-22(26)10-8-18-29-27(31)19-30(25-12-7-11-24(28)21(25)3)35(32,33)23-16-14-20(2)15-17-23/h5-7,9,11-17H,4,8,10,18-19H2,1-3H3,(H,29,31). The Morgan fingerprint density at radius 1 is 1.00 bits per heavy atom. The molecule has 3 rings (SSSR count). The van der Waals surface area contributed by atoms with Crippen molar-refractivity contribution in [3.63, 3.8) is 0 Å². The Balaban J connectivity index is 1.74. The molecule has 186 valence electrons. The lowest BCUT2D eigenvalue weighted by atomic mass is 10.1. The molecule has 0 heterocycles. The quantitative estimate of drug-likeness (QED) is 0.352. The number of sulfonamides is 1. The molecule has 3 aromatic rings. The average molecular weight is 515 g/mol. The van der Waals surface area contributed by atoms with Crippen LogP contribution in [0, 0.1) is 13.8 Å². The summed E-state index contributed by atoms with van der Waals surface area (Å²) in [4.78, 5) is 13.0. The van der Waals surface area contributed by atoms with E-state index < -0.39 is 15.9 Å². The summed E-state index contributed by atoms with van der Waals surface area (Å²) in [6, 6.07) is 19.4. The van der Waals surface area contributed by atoms with Crippen LogP contribution in [0.2, 0.25) is 5.02 Å². The smallest absolute Gasteiger partial charge is 0.264 e. The summed E-state index contributed by atoms with van der Waals surface area (Å²) in [6.07, 6.45) is 1.42. The van der Waals surface area contributed by atoms with E-state index in [0.29, 0.717) is 35.8 Å². The minimum Gasteiger partial charge on any atom is -0.494 e. The second kappa shape index (κ2) is 12.1. The Morgan fingerprint density at radius 2 is 1.71 bits per heavy atom. The number of para-hydroxylation sites is 1. The third-order valence-electron chi connectivity index (χ3n) is 5.62. The molecule has 0 bridgehead atoms. The highest BCUT2D eigenvalue weighted by molar-refractivity contribution is 7.92. The zero-order chi connectivity index (χ0) is 25.4. The predicted octanol–water partition coefficient (Wildman–Crippen LogP) is 5.30. The summed E-state index contributed by atoms with van der Waals surface area (Å²) in [5.74, 6) is 0.450. The number of benzene rings is 3. The van der Waals surface area contributed by atoms with Crippen molar-refractivity contribution >= 4 is 33.2 Å². The van der Waals surface area contributed by atoms with Crippen molar-refractivity contribution < 1.29 is 17.9 Å². The van der Waals surface area contributed by atoms with Crippen LogP contribution in [0.1, 0.15) is 30.0 Å². The molecule has 0 spiro atoms. The largest absolute Gasteiger partial charge is 0.494 e. The maximum absolute atomic E-state index is 13.5. The topological polar surface area (TPSA) is 75.7 Å². The summed E-state index contributed by atoms with van der Waals surface area (Å²) >= 11 is 6.27. The van der Waals surface area contributed by atoms with Crippen molar-refractivity contribution in [3.8, 4) is 5.75 Å². The Kier molecular flexibility index (Phi) is 9.18. The monoisotopic (exact) mass is 514 g/mol. The minimum atomic E-state index is -3.99. The van der Waals surface area contributed by atoms with Crippen LogP contribution in [-0.2, 0) is 21.2 Å². The lowest BCUT2D eigenvalue weighted by molar-refractivity contribution is -0.119.